The summed E-state index contributed by atoms with van der Waals surface area (Å²) < 4.78 is 10.1. The second-order valence-corrected chi connectivity index (χ2v) is 3.71. The van der Waals surface area contributed by atoms with Gasteiger partial charge in [0.25, 0.3) is 0 Å². The molecular weight excluding hydrogens is 262 g/mol. The Morgan fingerprint density at radius 1 is 1.28 bits per heavy atom. The Hall–Kier alpha value is -1.95. The van der Waals surface area contributed by atoms with Crippen molar-refractivity contribution in [2.75, 3.05) is 19.5 Å². The molecule has 0 unspecified atom stereocenters. The highest BCUT2D eigenvalue weighted by atomic mass is 35.5. The van der Waals surface area contributed by atoms with Crippen molar-refractivity contribution in [3.8, 4) is 11.5 Å². The van der Waals surface area contributed by atoms with Crippen molar-refractivity contribution in [3.63, 3.8) is 0 Å². The normalized spacial score (nSPS) is 9.72. The number of ether oxygens (including phenoxy) is 2. The van der Waals surface area contributed by atoms with Crippen molar-refractivity contribution in [1.29, 1.82) is 0 Å². The Kier molecular flexibility index (Phi) is 4.79. The quantitative estimate of drug-likeness (QED) is 0.799. The standard InChI is InChI=1S/C11H12ClNO5/c1-17-8-3-6(12)7(4-9(8)18-2)13-10(14)5-11(15)16/h3-4H,5H2,1-2H3,(H,13,14)(H,15,16). The third-order valence-electron chi connectivity index (χ3n) is 2.06. The number of hydrogen-bond acceptors (Lipinski definition) is 4. The topological polar surface area (TPSA) is 84.9 Å². The van der Waals surface area contributed by atoms with E-state index in [0.717, 1.165) is 0 Å². The van der Waals surface area contributed by atoms with E-state index in [1.165, 1.54) is 26.4 Å². The van der Waals surface area contributed by atoms with Crippen LogP contribution in [0.25, 0.3) is 0 Å². The SMILES string of the molecule is COc1cc(Cl)c(NC(=O)CC(=O)O)cc1OC. The Bertz CT molecular complexity index is 475. The second kappa shape index (κ2) is 6.11. The molecule has 1 aromatic rings. The first-order chi connectivity index (χ1) is 8.47. The number of anilines is 1. The van der Waals surface area contributed by atoms with Crippen LogP contribution in [0.15, 0.2) is 12.1 Å². The fourth-order valence-electron chi connectivity index (χ4n) is 1.28. The van der Waals surface area contributed by atoms with E-state index >= 15 is 0 Å². The number of hydrogen-bond donors (Lipinski definition) is 2. The van der Waals surface area contributed by atoms with Crippen molar-refractivity contribution in [2.24, 2.45) is 0 Å². The molecular formula is C11H12ClNO5. The van der Waals surface area contributed by atoms with Gasteiger partial charge in [-0.2, -0.15) is 0 Å². The summed E-state index contributed by atoms with van der Waals surface area (Å²) in [6.45, 7) is 0. The van der Waals surface area contributed by atoms with Crippen LogP contribution in [0.4, 0.5) is 5.69 Å². The molecule has 0 heterocycles. The minimum absolute atomic E-state index is 0.228. The molecule has 6 nitrogen and oxygen atoms in total. The number of carboxylic acids is 1. The van der Waals surface area contributed by atoms with E-state index in [1.54, 1.807) is 0 Å². The maximum absolute atomic E-state index is 11.3. The number of halogens is 1. The fraction of sp³-hybridized carbons (Fsp3) is 0.273. The van der Waals surface area contributed by atoms with Crippen molar-refractivity contribution < 1.29 is 24.2 Å². The highest BCUT2D eigenvalue weighted by molar-refractivity contribution is 6.34. The molecule has 1 rings (SSSR count). The zero-order chi connectivity index (χ0) is 13.7. The lowest BCUT2D eigenvalue weighted by molar-refractivity contribution is -0.139. The lowest BCUT2D eigenvalue weighted by Crippen LogP contribution is -2.16. The van der Waals surface area contributed by atoms with Gasteiger partial charge in [-0.15, -0.1) is 0 Å². The van der Waals surface area contributed by atoms with Gasteiger partial charge in [0, 0.05) is 12.1 Å². The van der Waals surface area contributed by atoms with E-state index in [2.05, 4.69) is 5.32 Å². The Morgan fingerprint density at radius 3 is 2.33 bits per heavy atom. The van der Waals surface area contributed by atoms with Crippen LogP contribution in [-0.4, -0.2) is 31.2 Å². The minimum atomic E-state index is -1.22. The number of nitrogens with one attached hydrogen (secondary N) is 1. The molecule has 0 fully saturated rings. The molecule has 0 saturated carbocycles. The summed E-state index contributed by atoms with van der Waals surface area (Å²) in [7, 11) is 2.89. The van der Waals surface area contributed by atoms with Crippen LogP contribution in [0.1, 0.15) is 6.42 Å². The summed E-state index contributed by atoms with van der Waals surface area (Å²) in [6.07, 6.45) is -0.634. The van der Waals surface area contributed by atoms with Crippen LogP contribution < -0.4 is 14.8 Å². The number of benzene rings is 1. The van der Waals surface area contributed by atoms with Crippen LogP contribution in [-0.2, 0) is 9.59 Å². The van der Waals surface area contributed by atoms with Gasteiger partial charge in [-0.1, -0.05) is 11.6 Å². The molecule has 0 aromatic heterocycles. The molecule has 0 radical (unpaired) electrons. The molecule has 0 aliphatic heterocycles. The Morgan fingerprint density at radius 2 is 1.83 bits per heavy atom. The zero-order valence-electron chi connectivity index (χ0n) is 9.82. The largest absolute Gasteiger partial charge is 0.493 e. The van der Waals surface area contributed by atoms with E-state index in [-0.39, 0.29) is 10.7 Å². The summed E-state index contributed by atoms with van der Waals surface area (Å²) in [5.41, 5.74) is 0.264. The maximum atomic E-state index is 11.3. The van der Waals surface area contributed by atoms with Gasteiger partial charge in [-0.05, 0) is 0 Å². The Labute approximate surface area is 108 Å². The third kappa shape index (κ3) is 3.53. The smallest absolute Gasteiger partial charge is 0.312 e. The van der Waals surface area contributed by atoms with E-state index in [0.29, 0.717) is 11.5 Å². The first-order valence-corrected chi connectivity index (χ1v) is 5.29. The first-order valence-electron chi connectivity index (χ1n) is 4.91. The van der Waals surface area contributed by atoms with E-state index < -0.39 is 18.3 Å². The lowest BCUT2D eigenvalue weighted by Gasteiger charge is -2.12. The number of rotatable bonds is 5. The van der Waals surface area contributed by atoms with Gasteiger partial charge in [0.1, 0.15) is 6.42 Å². The predicted octanol–water partition coefficient (Wildman–Crippen LogP) is 1.77. The highest BCUT2D eigenvalue weighted by Gasteiger charge is 2.13. The predicted molar refractivity (Wildman–Crippen MR) is 65.4 cm³/mol. The molecule has 18 heavy (non-hydrogen) atoms. The van der Waals surface area contributed by atoms with Crippen molar-refractivity contribution >= 4 is 29.2 Å². The molecule has 98 valence electrons. The van der Waals surface area contributed by atoms with Crippen LogP contribution in [0.2, 0.25) is 5.02 Å². The van der Waals surface area contributed by atoms with Gasteiger partial charge in [0.2, 0.25) is 5.91 Å². The third-order valence-corrected chi connectivity index (χ3v) is 2.37. The summed E-state index contributed by atoms with van der Waals surface area (Å²) in [4.78, 5) is 21.7. The van der Waals surface area contributed by atoms with Gasteiger partial charge >= 0.3 is 5.97 Å². The fourth-order valence-corrected chi connectivity index (χ4v) is 1.48. The number of aliphatic carboxylic acids is 1. The highest BCUT2D eigenvalue weighted by Crippen LogP contribution is 2.35. The van der Waals surface area contributed by atoms with Gasteiger partial charge in [-0.25, -0.2) is 0 Å². The average Bonchev–Trinajstić information content (AvgIpc) is 2.30. The van der Waals surface area contributed by atoms with E-state index in [4.69, 9.17) is 26.2 Å². The molecule has 0 saturated heterocycles. The molecule has 2 N–H and O–H groups in total. The van der Waals surface area contributed by atoms with Crippen molar-refractivity contribution in [2.45, 2.75) is 6.42 Å². The van der Waals surface area contributed by atoms with Crippen molar-refractivity contribution in [1.82, 2.24) is 0 Å². The molecule has 7 heteroatoms. The average molecular weight is 274 g/mol. The summed E-state index contributed by atoms with van der Waals surface area (Å²) in [6, 6.07) is 2.93. The minimum Gasteiger partial charge on any atom is -0.493 e. The molecule has 1 aromatic carbocycles. The van der Waals surface area contributed by atoms with Gasteiger partial charge in [0.05, 0.1) is 24.9 Å². The maximum Gasteiger partial charge on any atom is 0.312 e. The molecule has 0 spiro atoms. The number of carbonyl (C=O) groups excluding carboxylic acids is 1. The monoisotopic (exact) mass is 273 g/mol. The van der Waals surface area contributed by atoms with Gasteiger partial charge in [0.15, 0.2) is 11.5 Å². The van der Waals surface area contributed by atoms with Gasteiger partial charge < -0.3 is 19.9 Å². The van der Waals surface area contributed by atoms with Crippen molar-refractivity contribution in [3.05, 3.63) is 17.2 Å². The number of carbonyl (C=O) groups is 2. The summed E-state index contributed by atoms with van der Waals surface area (Å²) >= 11 is 5.92. The van der Waals surface area contributed by atoms with Crippen LogP contribution in [0.5, 0.6) is 11.5 Å². The number of amides is 1. The second-order valence-electron chi connectivity index (χ2n) is 3.31. The van der Waals surface area contributed by atoms with E-state index in [1.807, 2.05) is 0 Å². The first kappa shape index (κ1) is 14.1. The zero-order valence-corrected chi connectivity index (χ0v) is 10.6. The van der Waals surface area contributed by atoms with E-state index in [9.17, 15) is 9.59 Å². The molecule has 0 aliphatic carbocycles. The number of methoxy groups -OCH3 is 2. The molecule has 0 atom stereocenters. The molecule has 0 bridgehead atoms. The van der Waals surface area contributed by atoms with Crippen LogP contribution >= 0.6 is 11.6 Å². The summed E-state index contributed by atoms with van der Waals surface area (Å²) in [5.74, 6) is -1.09. The summed E-state index contributed by atoms with van der Waals surface area (Å²) in [5, 5.41) is 11.1. The van der Waals surface area contributed by atoms with Crippen LogP contribution in [0.3, 0.4) is 0 Å². The van der Waals surface area contributed by atoms with Gasteiger partial charge in [-0.3, -0.25) is 9.59 Å². The lowest BCUT2D eigenvalue weighted by atomic mass is 10.2. The number of carboxylic acid groups (broad SMARTS) is 1. The van der Waals surface area contributed by atoms with Crippen LogP contribution in [0, 0.1) is 0 Å². The Balaban J connectivity index is 2.95. The molecule has 0 aliphatic rings. The molecule has 1 amide bonds.